The van der Waals surface area contributed by atoms with Crippen LogP contribution in [0.25, 0.3) is 0 Å². The molecule has 2 aromatic rings. The van der Waals surface area contributed by atoms with Crippen LogP contribution in [0.3, 0.4) is 0 Å². The van der Waals surface area contributed by atoms with Crippen molar-refractivity contribution < 1.29 is 63.3 Å². The summed E-state index contributed by atoms with van der Waals surface area (Å²) in [5.41, 5.74) is -7.53. The van der Waals surface area contributed by atoms with Crippen molar-refractivity contribution in [2.75, 3.05) is 20.7 Å². The van der Waals surface area contributed by atoms with Crippen molar-refractivity contribution >= 4 is 23.8 Å². The van der Waals surface area contributed by atoms with Crippen LogP contribution in [0, 0.1) is 16.7 Å². The standard InChI is InChI=1S/C37H46N2O13/c1-18-21(51-32(45)27(42)25(20-13-10-14-49-20)38-33(46)39(5)6)16-37(48)30(52-31(44)19-11-8-7-9-12-19)28-35(4,22(40)15-23-36(28,47)17-50-23)29(43)26(41)24(18)34(37,2)3/h7-14,21-23,25-28,30,40-42,47-48H,15-17H2,1-6H3,(H,38,46)/t21?,22?,23?,25?,26?,27?,28?,30?,35-,36?,37?/m1/s1. The van der Waals surface area contributed by atoms with Gasteiger partial charge < -0.3 is 54.4 Å². The zero-order chi connectivity index (χ0) is 38.1. The maximum Gasteiger partial charge on any atom is 0.338 e. The molecule has 6 rings (SSSR count). The largest absolute Gasteiger partial charge is 0.467 e. The van der Waals surface area contributed by atoms with E-state index in [2.05, 4.69) is 5.32 Å². The lowest BCUT2D eigenvalue weighted by Gasteiger charge is -2.66. The molecule has 3 fully saturated rings. The molecule has 10 unspecified atom stereocenters. The molecular weight excluding hydrogens is 680 g/mol. The molecule has 282 valence electrons. The number of nitrogens with zero attached hydrogens (tertiary/aromatic N) is 1. The van der Waals surface area contributed by atoms with Gasteiger partial charge >= 0.3 is 18.0 Å². The van der Waals surface area contributed by atoms with Crippen molar-refractivity contribution in [2.45, 2.75) is 94.4 Å². The fourth-order valence-corrected chi connectivity index (χ4v) is 8.76. The van der Waals surface area contributed by atoms with Gasteiger partial charge in [0, 0.05) is 38.3 Å². The van der Waals surface area contributed by atoms with E-state index >= 15 is 0 Å². The van der Waals surface area contributed by atoms with E-state index in [1.165, 1.54) is 63.4 Å². The molecule has 11 atom stereocenters. The predicted molar refractivity (Wildman–Crippen MR) is 179 cm³/mol. The van der Waals surface area contributed by atoms with Crippen molar-refractivity contribution in [3.05, 3.63) is 71.2 Å². The lowest BCUT2D eigenvalue weighted by molar-refractivity contribution is -0.343. The van der Waals surface area contributed by atoms with E-state index in [4.69, 9.17) is 18.6 Å². The molecule has 15 heteroatoms. The Hall–Kier alpha value is -4.12. The molecule has 1 aromatic carbocycles. The number of carbonyl (C=O) groups excluding carboxylic acids is 4. The molecule has 6 N–H and O–H groups in total. The summed E-state index contributed by atoms with van der Waals surface area (Å²) in [7, 11) is 2.92. The highest BCUT2D eigenvalue weighted by atomic mass is 16.6. The zero-order valence-electron chi connectivity index (χ0n) is 29.8. The molecule has 2 saturated carbocycles. The van der Waals surface area contributed by atoms with Gasteiger partial charge in [0.2, 0.25) is 0 Å². The molecular formula is C37H46N2O13. The monoisotopic (exact) mass is 726 g/mol. The number of hydrogen-bond donors (Lipinski definition) is 6. The third-order valence-electron chi connectivity index (χ3n) is 12.0. The summed E-state index contributed by atoms with van der Waals surface area (Å²) in [6, 6.07) is 8.76. The number of Topliss-reactive ketones (excluding diaryl/α,β-unsaturated/α-hetero) is 1. The van der Waals surface area contributed by atoms with Crippen molar-refractivity contribution in [3.8, 4) is 0 Å². The lowest BCUT2D eigenvalue weighted by atomic mass is 9.44. The highest BCUT2D eigenvalue weighted by molar-refractivity contribution is 5.94. The summed E-state index contributed by atoms with van der Waals surface area (Å²) >= 11 is 0. The quantitative estimate of drug-likeness (QED) is 0.173. The smallest absolute Gasteiger partial charge is 0.338 e. The lowest BCUT2D eigenvalue weighted by Crippen LogP contribution is -2.81. The molecule has 4 aliphatic rings. The van der Waals surface area contributed by atoms with Crippen molar-refractivity contribution in [1.82, 2.24) is 10.2 Å². The number of hydrogen-bond acceptors (Lipinski definition) is 13. The van der Waals surface area contributed by atoms with E-state index in [1.807, 2.05) is 0 Å². The van der Waals surface area contributed by atoms with E-state index in [0.29, 0.717) is 0 Å². The molecule has 0 spiro atoms. The molecule has 0 radical (unpaired) electrons. The third kappa shape index (κ3) is 5.56. The first kappa shape index (κ1) is 37.6. The fraction of sp³-hybridized carbons (Fsp3) is 0.568. The van der Waals surface area contributed by atoms with Crippen LogP contribution in [0.5, 0.6) is 0 Å². The first-order chi connectivity index (χ1) is 24.3. The summed E-state index contributed by atoms with van der Waals surface area (Å²) < 4.78 is 23.0. The normalized spacial score (nSPS) is 36.1. The number of rotatable bonds is 7. The molecule has 1 saturated heterocycles. The molecule has 2 bridgehead atoms. The fourth-order valence-electron chi connectivity index (χ4n) is 8.76. The van der Waals surface area contributed by atoms with Gasteiger partial charge in [-0.25, -0.2) is 14.4 Å². The average molecular weight is 727 g/mol. The van der Waals surface area contributed by atoms with Crippen LogP contribution < -0.4 is 5.32 Å². The van der Waals surface area contributed by atoms with Crippen LogP contribution in [-0.2, 0) is 23.8 Å². The first-order valence-corrected chi connectivity index (χ1v) is 17.1. The minimum atomic E-state index is -2.30. The van der Waals surface area contributed by atoms with Crippen LogP contribution in [0.15, 0.2) is 64.3 Å². The van der Waals surface area contributed by atoms with Gasteiger partial charge in [0.15, 0.2) is 11.9 Å². The summed E-state index contributed by atoms with van der Waals surface area (Å²) in [5.74, 6) is -4.52. The Labute approximate surface area is 300 Å². The molecule has 3 aliphatic carbocycles. The second-order valence-corrected chi connectivity index (χ2v) is 15.3. The molecule has 2 heterocycles. The van der Waals surface area contributed by atoms with Crippen molar-refractivity contribution in [2.24, 2.45) is 16.7 Å². The predicted octanol–water partition coefficient (Wildman–Crippen LogP) is 1.03. The number of aliphatic hydroxyl groups is 5. The van der Waals surface area contributed by atoms with Crippen molar-refractivity contribution in [1.29, 1.82) is 0 Å². The van der Waals surface area contributed by atoms with E-state index in [0.717, 1.165) is 0 Å². The van der Waals surface area contributed by atoms with Crippen molar-refractivity contribution in [3.63, 3.8) is 0 Å². The number of carbonyl (C=O) groups is 4. The van der Waals surface area contributed by atoms with Gasteiger partial charge in [-0.2, -0.15) is 0 Å². The maximum absolute atomic E-state index is 14.6. The number of aliphatic hydroxyl groups excluding tert-OH is 3. The van der Waals surface area contributed by atoms with Crippen LogP contribution in [0.4, 0.5) is 4.79 Å². The number of esters is 2. The van der Waals surface area contributed by atoms with Gasteiger partial charge in [-0.05, 0) is 49.3 Å². The van der Waals surface area contributed by atoms with Crippen LogP contribution in [0.2, 0.25) is 0 Å². The summed E-state index contributed by atoms with van der Waals surface area (Å²) in [6.45, 7) is 5.65. The molecule has 1 aromatic heterocycles. The number of benzene rings is 1. The van der Waals surface area contributed by atoms with Crippen LogP contribution in [0.1, 0.15) is 62.7 Å². The number of ketones is 1. The van der Waals surface area contributed by atoms with Gasteiger partial charge in [0.1, 0.15) is 41.3 Å². The van der Waals surface area contributed by atoms with Gasteiger partial charge in [0.25, 0.3) is 0 Å². The summed E-state index contributed by atoms with van der Waals surface area (Å²) in [4.78, 5) is 56.0. The number of nitrogens with one attached hydrogen (secondary N) is 1. The SMILES string of the molecule is CC1=C2C(O)C(=O)[C@]3(C)C(O)CC4OCC4(O)C3C(OC(=O)c3ccccc3)C(O)(CC1OC(=O)C(O)C(NC(=O)N(C)C)c1ccco1)C2(C)C. The first-order valence-electron chi connectivity index (χ1n) is 17.1. The molecule has 1 aliphatic heterocycles. The van der Waals surface area contributed by atoms with Gasteiger partial charge in [-0.15, -0.1) is 0 Å². The highest BCUT2D eigenvalue weighted by Crippen LogP contribution is 2.63. The van der Waals surface area contributed by atoms with Crippen LogP contribution in [-0.4, -0.2) is 123 Å². The minimum absolute atomic E-state index is 0.0397. The number of furan rings is 1. The molecule has 15 nitrogen and oxygen atoms in total. The van der Waals surface area contributed by atoms with Gasteiger partial charge in [-0.3, -0.25) is 4.79 Å². The number of ether oxygens (including phenoxy) is 3. The van der Waals surface area contributed by atoms with E-state index in [1.54, 1.807) is 32.0 Å². The Morgan fingerprint density at radius 3 is 2.27 bits per heavy atom. The van der Waals surface area contributed by atoms with E-state index in [-0.39, 0.29) is 35.5 Å². The number of urea groups is 1. The number of amides is 2. The molecule has 2 amide bonds. The van der Waals surface area contributed by atoms with Gasteiger partial charge in [-0.1, -0.05) is 32.0 Å². The van der Waals surface area contributed by atoms with E-state index < -0.39 is 101 Å². The Bertz CT molecular complexity index is 1760. The van der Waals surface area contributed by atoms with Gasteiger partial charge in [0.05, 0.1) is 36.1 Å². The second-order valence-electron chi connectivity index (χ2n) is 15.3. The Kier molecular flexibility index (Phi) is 9.46. The summed E-state index contributed by atoms with van der Waals surface area (Å²) in [6.07, 6.45) is -9.06. The maximum atomic E-state index is 14.6. The molecule has 52 heavy (non-hydrogen) atoms. The second kappa shape index (κ2) is 13.1. The summed E-state index contributed by atoms with van der Waals surface area (Å²) in [5, 5.41) is 62.7. The highest BCUT2D eigenvalue weighted by Gasteiger charge is 2.76. The topological polar surface area (TPSA) is 226 Å². The third-order valence-corrected chi connectivity index (χ3v) is 12.0. The Morgan fingerprint density at radius 2 is 1.69 bits per heavy atom. The van der Waals surface area contributed by atoms with Crippen LogP contribution >= 0.6 is 0 Å². The Balaban J connectivity index is 1.47. The number of fused-ring (bicyclic) bond motifs is 5. The minimum Gasteiger partial charge on any atom is -0.467 e. The zero-order valence-corrected chi connectivity index (χ0v) is 29.8. The van der Waals surface area contributed by atoms with E-state index in [9.17, 15) is 44.7 Å². The Morgan fingerprint density at radius 1 is 1.02 bits per heavy atom. The average Bonchev–Trinajstić information content (AvgIpc) is 3.64.